The molecule has 1 aliphatic heterocycles. The van der Waals surface area contributed by atoms with Crippen LogP contribution in [0.25, 0.3) is 0 Å². The van der Waals surface area contributed by atoms with Crippen LogP contribution < -0.4 is 10.6 Å². The Morgan fingerprint density at radius 3 is 3.00 bits per heavy atom. The number of para-hydroxylation sites is 1. The van der Waals surface area contributed by atoms with Crippen LogP contribution in [0, 0.1) is 6.92 Å². The lowest BCUT2D eigenvalue weighted by molar-refractivity contribution is -0.0121. The molecule has 4 atom stereocenters. The Kier molecular flexibility index (Phi) is 3.83. The van der Waals surface area contributed by atoms with E-state index in [4.69, 9.17) is 0 Å². The van der Waals surface area contributed by atoms with Crippen LogP contribution in [0.5, 0.6) is 0 Å². The number of nitrogens with one attached hydrogen (secondary N) is 2. The van der Waals surface area contributed by atoms with Crippen molar-refractivity contribution >= 4 is 5.69 Å². The number of aryl methyl sites for hydroxylation is 1. The maximum absolute atomic E-state index is 10.2. The third kappa shape index (κ3) is 2.75. The van der Waals surface area contributed by atoms with E-state index >= 15 is 0 Å². The van der Waals surface area contributed by atoms with E-state index in [1.807, 2.05) is 24.0 Å². The smallest absolute Gasteiger partial charge is 0.0932 e. The maximum atomic E-state index is 10.2. The highest BCUT2D eigenvalue weighted by atomic mass is 16.3. The Labute approximate surface area is 136 Å². The normalized spacial score (nSPS) is 30.0. The molecule has 122 valence electrons. The zero-order valence-electron chi connectivity index (χ0n) is 13.4. The average molecular weight is 312 g/mol. The van der Waals surface area contributed by atoms with Crippen molar-refractivity contribution in [3.63, 3.8) is 0 Å². The van der Waals surface area contributed by atoms with Gasteiger partial charge in [0.05, 0.1) is 18.3 Å². The first kappa shape index (κ1) is 14.7. The molecule has 2 heterocycles. The van der Waals surface area contributed by atoms with Gasteiger partial charge in [-0.3, -0.25) is 4.68 Å². The first-order valence-corrected chi connectivity index (χ1v) is 8.50. The third-order valence-electron chi connectivity index (χ3n) is 5.07. The minimum absolute atomic E-state index is 0.0343. The van der Waals surface area contributed by atoms with Gasteiger partial charge in [-0.05, 0) is 43.4 Å². The molecular formula is C18H24N4O. The van der Waals surface area contributed by atoms with Crippen LogP contribution in [0.1, 0.15) is 42.5 Å². The number of benzene rings is 1. The van der Waals surface area contributed by atoms with Gasteiger partial charge in [0.15, 0.2) is 0 Å². The predicted molar refractivity (Wildman–Crippen MR) is 90.5 cm³/mol. The molecule has 2 aromatic rings. The van der Waals surface area contributed by atoms with Gasteiger partial charge < -0.3 is 15.7 Å². The summed E-state index contributed by atoms with van der Waals surface area (Å²) in [6.07, 6.45) is 6.60. The summed E-state index contributed by atoms with van der Waals surface area (Å²) in [5, 5.41) is 21.9. The Balaban J connectivity index is 1.54. The minimum atomic E-state index is -0.314. The van der Waals surface area contributed by atoms with E-state index in [1.165, 1.54) is 11.3 Å². The first-order chi connectivity index (χ1) is 11.2. The highest BCUT2D eigenvalue weighted by Gasteiger charge is 2.43. The highest BCUT2D eigenvalue weighted by Crippen LogP contribution is 2.37. The van der Waals surface area contributed by atoms with Crippen molar-refractivity contribution in [2.45, 2.75) is 50.4 Å². The van der Waals surface area contributed by atoms with Gasteiger partial charge in [-0.15, -0.1) is 0 Å². The Bertz CT molecular complexity index is 683. The van der Waals surface area contributed by atoms with Gasteiger partial charge in [-0.2, -0.15) is 5.10 Å². The SMILES string of the molecule is Cc1cnn([C@H]2[C@H](O)C[C@@H]2NC2CCCNc3ccccc32)c1. The first-order valence-electron chi connectivity index (χ1n) is 8.50. The van der Waals surface area contributed by atoms with Crippen LogP contribution in [-0.2, 0) is 0 Å². The van der Waals surface area contributed by atoms with E-state index in [0.717, 1.165) is 31.4 Å². The topological polar surface area (TPSA) is 62.1 Å². The van der Waals surface area contributed by atoms with Crippen molar-refractivity contribution in [3.8, 4) is 0 Å². The predicted octanol–water partition coefficient (Wildman–Crippen LogP) is 2.40. The lowest BCUT2D eigenvalue weighted by atomic mass is 9.82. The molecule has 1 fully saturated rings. The van der Waals surface area contributed by atoms with Crippen LogP contribution in [0.2, 0.25) is 0 Å². The molecule has 2 aliphatic rings. The molecule has 3 N–H and O–H groups in total. The minimum Gasteiger partial charge on any atom is -0.391 e. The van der Waals surface area contributed by atoms with Crippen molar-refractivity contribution in [2.75, 3.05) is 11.9 Å². The summed E-state index contributed by atoms with van der Waals surface area (Å²) >= 11 is 0. The molecule has 23 heavy (non-hydrogen) atoms. The summed E-state index contributed by atoms with van der Waals surface area (Å²) in [5.74, 6) is 0. The van der Waals surface area contributed by atoms with E-state index in [2.05, 4.69) is 40.0 Å². The fraction of sp³-hybridized carbons (Fsp3) is 0.500. The fourth-order valence-electron chi connectivity index (χ4n) is 3.81. The molecule has 1 unspecified atom stereocenters. The number of aromatic nitrogens is 2. The molecule has 1 aromatic heterocycles. The van der Waals surface area contributed by atoms with E-state index in [1.54, 1.807) is 0 Å². The number of hydrogen-bond acceptors (Lipinski definition) is 4. The Hall–Kier alpha value is -1.85. The van der Waals surface area contributed by atoms with E-state index in [0.29, 0.717) is 6.04 Å². The molecule has 0 bridgehead atoms. The number of aliphatic hydroxyl groups is 1. The van der Waals surface area contributed by atoms with Gasteiger partial charge in [-0.1, -0.05) is 18.2 Å². The number of fused-ring (bicyclic) bond motifs is 1. The van der Waals surface area contributed by atoms with Crippen LogP contribution >= 0.6 is 0 Å². The number of aliphatic hydroxyl groups excluding tert-OH is 1. The van der Waals surface area contributed by atoms with Crippen molar-refractivity contribution in [1.82, 2.24) is 15.1 Å². The Morgan fingerprint density at radius 2 is 2.22 bits per heavy atom. The van der Waals surface area contributed by atoms with Gasteiger partial charge in [0, 0.05) is 30.5 Å². The van der Waals surface area contributed by atoms with Crippen LogP contribution in [0.4, 0.5) is 5.69 Å². The van der Waals surface area contributed by atoms with Crippen molar-refractivity contribution < 1.29 is 5.11 Å². The molecular weight excluding hydrogens is 288 g/mol. The van der Waals surface area contributed by atoms with Crippen molar-refractivity contribution in [1.29, 1.82) is 0 Å². The largest absolute Gasteiger partial charge is 0.391 e. The number of hydrogen-bond donors (Lipinski definition) is 3. The zero-order chi connectivity index (χ0) is 15.8. The van der Waals surface area contributed by atoms with Crippen LogP contribution in [-0.4, -0.2) is 33.6 Å². The molecule has 0 spiro atoms. The second-order valence-electron chi connectivity index (χ2n) is 6.77. The quantitative estimate of drug-likeness (QED) is 0.814. The molecule has 5 heteroatoms. The summed E-state index contributed by atoms with van der Waals surface area (Å²) in [6, 6.07) is 9.17. The molecule has 1 aliphatic carbocycles. The molecule has 4 rings (SSSR count). The second-order valence-corrected chi connectivity index (χ2v) is 6.77. The molecule has 0 amide bonds. The molecule has 5 nitrogen and oxygen atoms in total. The number of rotatable bonds is 3. The molecule has 1 saturated carbocycles. The van der Waals surface area contributed by atoms with Gasteiger partial charge in [0.25, 0.3) is 0 Å². The summed E-state index contributed by atoms with van der Waals surface area (Å²) in [4.78, 5) is 0. The Morgan fingerprint density at radius 1 is 1.35 bits per heavy atom. The average Bonchev–Trinajstić information content (AvgIpc) is 2.83. The fourth-order valence-corrected chi connectivity index (χ4v) is 3.81. The lowest BCUT2D eigenvalue weighted by Gasteiger charge is -2.44. The summed E-state index contributed by atoms with van der Waals surface area (Å²) in [5.41, 5.74) is 3.70. The van der Waals surface area contributed by atoms with Gasteiger partial charge in [-0.25, -0.2) is 0 Å². The molecule has 0 saturated heterocycles. The standard InChI is InChI=1S/C18H24N4O/c1-12-10-20-22(11-12)18-16(9-17(18)23)21-15-7-4-8-19-14-6-3-2-5-13(14)15/h2-3,5-6,10-11,15-19,21,23H,4,7-9H2,1H3/t15?,16-,17+,18+/m0/s1. The maximum Gasteiger partial charge on any atom is 0.0932 e. The monoisotopic (exact) mass is 312 g/mol. The lowest BCUT2D eigenvalue weighted by Crippen LogP contribution is -2.55. The summed E-state index contributed by atoms with van der Waals surface area (Å²) in [7, 11) is 0. The van der Waals surface area contributed by atoms with Gasteiger partial charge in [0.1, 0.15) is 0 Å². The third-order valence-corrected chi connectivity index (χ3v) is 5.07. The molecule has 1 aromatic carbocycles. The van der Waals surface area contributed by atoms with E-state index < -0.39 is 0 Å². The van der Waals surface area contributed by atoms with Crippen molar-refractivity contribution in [2.24, 2.45) is 0 Å². The number of anilines is 1. The van der Waals surface area contributed by atoms with Crippen molar-refractivity contribution in [3.05, 3.63) is 47.8 Å². The van der Waals surface area contributed by atoms with E-state index in [-0.39, 0.29) is 18.2 Å². The van der Waals surface area contributed by atoms with Gasteiger partial charge in [0.2, 0.25) is 0 Å². The summed E-state index contributed by atoms with van der Waals surface area (Å²) in [6.45, 7) is 3.05. The second kappa shape index (κ2) is 5.98. The zero-order valence-corrected chi connectivity index (χ0v) is 13.4. The molecule has 0 radical (unpaired) electrons. The van der Waals surface area contributed by atoms with E-state index in [9.17, 15) is 5.11 Å². The van der Waals surface area contributed by atoms with Gasteiger partial charge >= 0.3 is 0 Å². The van der Waals surface area contributed by atoms with Crippen LogP contribution in [0.3, 0.4) is 0 Å². The number of nitrogens with zero attached hydrogens (tertiary/aromatic N) is 2. The summed E-state index contributed by atoms with van der Waals surface area (Å²) < 4.78 is 1.92. The highest BCUT2D eigenvalue weighted by molar-refractivity contribution is 5.53. The van der Waals surface area contributed by atoms with Crippen LogP contribution in [0.15, 0.2) is 36.7 Å².